The minimum absolute atomic E-state index is 0.0290. The van der Waals surface area contributed by atoms with E-state index in [4.69, 9.17) is 0 Å². The third kappa shape index (κ3) is 3.61. The highest BCUT2D eigenvalue weighted by molar-refractivity contribution is 5.87. The van der Waals surface area contributed by atoms with E-state index < -0.39 is 11.7 Å². The molecule has 142 valence electrons. The van der Waals surface area contributed by atoms with Crippen molar-refractivity contribution in [2.45, 2.75) is 25.1 Å². The maximum Gasteiger partial charge on any atom is 0.417 e. The van der Waals surface area contributed by atoms with Crippen LogP contribution in [0.4, 0.5) is 19.0 Å². The van der Waals surface area contributed by atoms with Crippen LogP contribution in [0.1, 0.15) is 18.4 Å². The number of carbonyl (C=O) groups excluding carboxylic acids is 2. The van der Waals surface area contributed by atoms with Gasteiger partial charge in [-0.05, 0) is 25.0 Å². The van der Waals surface area contributed by atoms with E-state index in [1.54, 1.807) is 19.0 Å². The zero-order valence-corrected chi connectivity index (χ0v) is 14.7. The summed E-state index contributed by atoms with van der Waals surface area (Å²) in [6.07, 6.45) is -2.12. The molecule has 3 aliphatic heterocycles. The molecule has 3 aliphatic rings. The largest absolute Gasteiger partial charge is 0.417 e. The van der Waals surface area contributed by atoms with E-state index in [2.05, 4.69) is 4.98 Å². The van der Waals surface area contributed by atoms with Crippen LogP contribution in [0.25, 0.3) is 0 Å². The number of hydrogen-bond donors (Lipinski definition) is 0. The van der Waals surface area contributed by atoms with Gasteiger partial charge in [-0.2, -0.15) is 13.2 Å². The quantitative estimate of drug-likeness (QED) is 0.811. The molecule has 3 fully saturated rings. The summed E-state index contributed by atoms with van der Waals surface area (Å²) >= 11 is 0. The Kier molecular flexibility index (Phi) is 4.81. The van der Waals surface area contributed by atoms with Crippen LogP contribution in [0.5, 0.6) is 0 Å². The minimum Gasteiger partial charge on any atom is -0.354 e. The predicted octanol–water partition coefficient (Wildman–Crippen LogP) is 1.62. The average Bonchev–Trinajstić information content (AvgIpc) is 2.87. The number of alkyl halides is 3. The Morgan fingerprint density at radius 2 is 2.00 bits per heavy atom. The van der Waals surface area contributed by atoms with Crippen LogP contribution >= 0.6 is 0 Å². The van der Waals surface area contributed by atoms with Gasteiger partial charge in [0.1, 0.15) is 12.4 Å². The first-order chi connectivity index (χ1) is 12.2. The normalized spacial score (nSPS) is 23.2. The highest BCUT2D eigenvalue weighted by atomic mass is 19.4. The van der Waals surface area contributed by atoms with Gasteiger partial charge in [-0.25, -0.2) is 4.98 Å². The number of hydrogen-bond acceptors (Lipinski definition) is 4. The summed E-state index contributed by atoms with van der Waals surface area (Å²) in [5.41, 5.74) is -0.798. The second-order valence-electron chi connectivity index (χ2n) is 6.99. The lowest BCUT2D eigenvalue weighted by Gasteiger charge is -2.35. The van der Waals surface area contributed by atoms with Gasteiger partial charge in [0.05, 0.1) is 11.5 Å². The van der Waals surface area contributed by atoms with Gasteiger partial charge in [0.2, 0.25) is 11.8 Å². The van der Waals surface area contributed by atoms with E-state index in [0.717, 1.165) is 18.7 Å². The van der Waals surface area contributed by atoms with Crippen molar-refractivity contribution in [3.63, 3.8) is 0 Å². The fourth-order valence-corrected chi connectivity index (χ4v) is 3.46. The van der Waals surface area contributed by atoms with Gasteiger partial charge >= 0.3 is 6.18 Å². The first-order valence-electron chi connectivity index (χ1n) is 8.45. The number of carbonyl (C=O) groups is 2. The van der Waals surface area contributed by atoms with Gasteiger partial charge in [-0.3, -0.25) is 9.59 Å². The monoisotopic (exact) mass is 370 g/mol. The maximum atomic E-state index is 12.7. The molecule has 4 heterocycles. The Labute approximate surface area is 149 Å². The first-order valence-corrected chi connectivity index (χ1v) is 8.45. The molecule has 2 atom stereocenters. The average molecular weight is 370 g/mol. The Morgan fingerprint density at radius 1 is 1.27 bits per heavy atom. The van der Waals surface area contributed by atoms with E-state index >= 15 is 0 Å². The van der Waals surface area contributed by atoms with Crippen molar-refractivity contribution < 1.29 is 22.8 Å². The standard InChI is InChI=1S/C17H21F3N4O2/c1-22(2)15(25)10-24-13-5-3-11(16(24)26)8-23(9-13)14-6-4-12(7-21-14)17(18,19)20/h4,6-7,11,13H,3,5,8-10H2,1-2H3/t11-,13+/m1/s1. The number of anilines is 1. The number of halogens is 3. The molecule has 2 amide bonds. The molecule has 0 aliphatic carbocycles. The van der Waals surface area contributed by atoms with E-state index in [1.165, 1.54) is 11.0 Å². The molecular formula is C17H21F3N4O2. The molecule has 6 nitrogen and oxygen atoms in total. The summed E-state index contributed by atoms with van der Waals surface area (Å²) in [7, 11) is 3.28. The van der Waals surface area contributed by atoms with E-state index in [-0.39, 0.29) is 30.3 Å². The summed E-state index contributed by atoms with van der Waals surface area (Å²) in [4.78, 5) is 33.6. The molecule has 9 heteroatoms. The third-order valence-corrected chi connectivity index (χ3v) is 5.00. The van der Waals surface area contributed by atoms with Gasteiger partial charge in [-0.1, -0.05) is 0 Å². The molecule has 4 rings (SSSR count). The molecule has 1 aromatic heterocycles. The van der Waals surface area contributed by atoms with Gasteiger partial charge in [0.25, 0.3) is 0 Å². The topological polar surface area (TPSA) is 56.8 Å². The summed E-state index contributed by atoms with van der Waals surface area (Å²) < 4.78 is 38.1. The number of likely N-dealkylation sites (N-methyl/N-ethyl adjacent to an activating group) is 1. The minimum atomic E-state index is -4.43. The number of amides is 2. The van der Waals surface area contributed by atoms with Crippen LogP contribution in [0.15, 0.2) is 18.3 Å². The fourth-order valence-electron chi connectivity index (χ4n) is 3.46. The van der Waals surface area contributed by atoms with Crippen LogP contribution in [0.2, 0.25) is 0 Å². The number of aromatic nitrogens is 1. The van der Waals surface area contributed by atoms with Gasteiger partial charge in [0.15, 0.2) is 0 Å². The predicted molar refractivity (Wildman–Crippen MR) is 88.4 cm³/mol. The molecule has 1 aromatic rings. The molecule has 0 spiro atoms. The van der Waals surface area contributed by atoms with Crippen molar-refractivity contribution >= 4 is 17.6 Å². The molecular weight excluding hydrogens is 349 g/mol. The van der Waals surface area contributed by atoms with Crippen LogP contribution in [-0.4, -0.2) is 66.4 Å². The lowest BCUT2D eigenvalue weighted by molar-refractivity contribution is -0.145. The van der Waals surface area contributed by atoms with Crippen LogP contribution in [0.3, 0.4) is 0 Å². The molecule has 2 bridgehead atoms. The fraction of sp³-hybridized carbons (Fsp3) is 0.588. The Balaban J connectivity index is 1.79. The van der Waals surface area contributed by atoms with Crippen molar-refractivity contribution in [3.05, 3.63) is 23.9 Å². The Bertz CT molecular complexity index is 690. The zero-order valence-electron chi connectivity index (χ0n) is 14.7. The van der Waals surface area contributed by atoms with Crippen LogP contribution < -0.4 is 4.90 Å². The van der Waals surface area contributed by atoms with Crippen molar-refractivity contribution in [1.29, 1.82) is 0 Å². The van der Waals surface area contributed by atoms with Crippen LogP contribution in [0, 0.1) is 5.92 Å². The Morgan fingerprint density at radius 3 is 2.58 bits per heavy atom. The molecule has 26 heavy (non-hydrogen) atoms. The highest BCUT2D eigenvalue weighted by Crippen LogP contribution is 2.33. The second-order valence-corrected chi connectivity index (χ2v) is 6.99. The first kappa shape index (κ1) is 18.5. The number of fused-ring (bicyclic) bond motifs is 4. The molecule has 0 N–H and O–H groups in total. The smallest absolute Gasteiger partial charge is 0.354 e. The molecule has 0 radical (unpaired) electrons. The number of pyridine rings is 1. The zero-order chi connectivity index (χ0) is 19.1. The van der Waals surface area contributed by atoms with Gasteiger partial charge in [0, 0.05) is 39.4 Å². The molecule has 0 saturated carbocycles. The summed E-state index contributed by atoms with van der Waals surface area (Å²) in [6, 6.07) is 2.20. The number of rotatable bonds is 3. The van der Waals surface area contributed by atoms with Crippen molar-refractivity contribution in [2.24, 2.45) is 5.92 Å². The van der Waals surface area contributed by atoms with E-state index in [9.17, 15) is 22.8 Å². The summed E-state index contributed by atoms with van der Waals surface area (Å²) in [5, 5.41) is 0. The number of piperidine rings is 1. The third-order valence-electron chi connectivity index (χ3n) is 5.00. The van der Waals surface area contributed by atoms with Crippen molar-refractivity contribution in [3.8, 4) is 0 Å². The Hall–Kier alpha value is -2.32. The molecule has 0 unspecified atom stereocenters. The number of nitrogens with zero attached hydrogens (tertiary/aromatic N) is 4. The highest BCUT2D eigenvalue weighted by Gasteiger charge is 2.42. The van der Waals surface area contributed by atoms with Crippen molar-refractivity contribution in [2.75, 3.05) is 38.6 Å². The van der Waals surface area contributed by atoms with E-state index in [1.807, 2.05) is 4.90 Å². The maximum absolute atomic E-state index is 12.7. The lowest BCUT2D eigenvalue weighted by atomic mass is 9.94. The van der Waals surface area contributed by atoms with Crippen LogP contribution in [-0.2, 0) is 15.8 Å². The van der Waals surface area contributed by atoms with E-state index in [0.29, 0.717) is 25.3 Å². The van der Waals surface area contributed by atoms with Crippen molar-refractivity contribution in [1.82, 2.24) is 14.8 Å². The van der Waals surface area contributed by atoms with Gasteiger partial charge in [-0.15, -0.1) is 0 Å². The lowest BCUT2D eigenvalue weighted by Crippen LogP contribution is -2.51. The van der Waals surface area contributed by atoms with Gasteiger partial charge < -0.3 is 14.7 Å². The summed E-state index contributed by atoms with van der Waals surface area (Å²) in [6.45, 7) is 0.892. The molecule has 3 saturated heterocycles. The molecule has 0 aromatic carbocycles. The second kappa shape index (κ2) is 6.77. The SMILES string of the molecule is CN(C)C(=O)CN1C(=O)[C@@H]2CC[C@H]1CN(c1ccc(C(F)(F)F)cn1)C2. The summed E-state index contributed by atoms with van der Waals surface area (Å²) in [5.74, 6) is -0.0627.